The van der Waals surface area contributed by atoms with Gasteiger partial charge in [-0.1, -0.05) is 27.5 Å². The van der Waals surface area contributed by atoms with Crippen LogP contribution in [0.15, 0.2) is 17.5 Å². The molecule has 0 atom stereocenters. The zero-order valence-electron chi connectivity index (χ0n) is 7.26. The first-order valence-corrected chi connectivity index (χ1v) is 6.49. The molecule has 0 saturated heterocycles. The summed E-state index contributed by atoms with van der Waals surface area (Å²) >= 11 is 11.0. The predicted molar refractivity (Wildman–Crippen MR) is 65.4 cm³/mol. The quantitative estimate of drug-likeness (QED) is 0.831. The molecule has 1 heterocycles. The SMILES string of the molecule is OCc1cc2c(Cl)csc2cc1CBr. The minimum absolute atomic E-state index is 0.0586. The molecule has 0 aliphatic heterocycles. The van der Waals surface area contributed by atoms with Gasteiger partial charge in [0.25, 0.3) is 0 Å². The average Bonchev–Trinajstić information content (AvgIpc) is 2.58. The number of hydrogen-bond acceptors (Lipinski definition) is 2. The Labute approximate surface area is 99.4 Å². The third kappa shape index (κ3) is 1.70. The van der Waals surface area contributed by atoms with Gasteiger partial charge in [-0.15, -0.1) is 11.3 Å². The molecule has 0 amide bonds. The third-order valence-electron chi connectivity index (χ3n) is 2.16. The standard InChI is InChI=1S/C10H8BrClOS/c11-3-6-2-10-8(1-7(6)4-13)9(12)5-14-10/h1-2,5,13H,3-4H2. The van der Waals surface area contributed by atoms with Gasteiger partial charge in [0.1, 0.15) is 0 Å². The van der Waals surface area contributed by atoms with E-state index in [9.17, 15) is 5.11 Å². The molecule has 2 rings (SSSR count). The summed E-state index contributed by atoms with van der Waals surface area (Å²) in [4.78, 5) is 0. The lowest BCUT2D eigenvalue weighted by Crippen LogP contribution is -1.90. The molecule has 0 bridgehead atoms. The van der Waals surface area contributed by atoms with Crippen LogP contribution in [0.3, 0.4) is 0 Å². The maximum atomic E-state index is 9.18. The molecule has 14 heavy (non-hydrogen) atoms. The van der Waals surface area contributed by atoms with E-state index in [0.29, 0.717) is 0 Å². The Morgan fingerprint density at radius 3 is 2.79 bits per heavy atom. The van der Waals surface area contributed by atoms with Crippen molar-refractivity contribution in [2.75, 3.05) is 0 Å². The first-order valence-electron chi connectivity index (χ1n) is 4.11. The molecule has 0 radical (unpaired) electrons. The number of benzene rings is 1. The van der Waals surface area contributed by atoms with Gasteiger partial charge < -0.3 is 5.11 Å². The normalized spacial score (nSPS) is 11.1. The number of fused-ring (bicyclic) bond motifs is 1. The molecule has 1 N–H and O–H groups in total. The van der Waals surface area contributed by atoms with E-state index >= 15 is 0 Å². The molecule has 1 aromatic carbocycles. The lowest BCUT2D eigenvalue weighted by molar-refractivity contribution is 0.281. The van der Waals surface area contributed by atoms with Gasteiger partial charge >= 0.3 is 0 Å². The van der Waals surface area contributed by atoms with Crippen molar-refractivity contribution in [1.82, 2.24) is 0 Å². The van der Waals surface area contributed by atoms with Gasteiger partial charge in [0.15, 0.2) is 0 Å². The van der Waals surface area contributed by atoms with E-state index in [4.69, 9.17) is 11.6 Å². The van der Waals surface area contributed by atoms with Crippen LogP contribution in [0.4, 0.5) is 0 Å². The fourth-order valence-corrected chi connectivity index (χ4v) is 3.13. The zero-order chi connectivity index (χ0) is 10.1. The smallest absolute Gasteiger partial charge is 0.0685 e. The Morgan fingerprint density at radius 1 is 1.36 bits per heavy atom. The molecule has 0 spiro atoms. The van der Waals surface area contributed by atoms with Crippen molar-refractivity contribution in [1.29, 1.82) is 0 Å². The topological polar surface area (TPSA) is 20.2 Å². The van der Waals surface area contributed by atoms with Gasteiger partial charge in [-0.2, -0.15) is 0 Å². The second-order valence-electron chi connectivity index (χ2n) is 2.99. The summed E-state index contributed by atoms with van der Waals surface area (Å²) in [7, 11) is 0. The van der Waals surface area contributed by atoms with Gasteiger partial charge in [-0.3, -0.25) is 0 Å². The summed E-state index contributed by atoms with van der Waals surface area (Å²) in [6, 6.07) is 4.04. The minimum Gasteiger partial charge on any atom is -0.392 e. The van der Waals surface area contributed by atoms with E-state index in [1.54, 1.807) is 11.3 Å². The number of thiophene rings is 1. The molecule has 74 valence electrons. The molecule has 4 heteroatoms. The first-order chi connectivity index (χ1) is 6.76. The van der Waals surface area contributed by atoms with Crippen LogP contribution in [0.2, 0.25) is 5.02 Å². The molecular weight excluding hydrogens is 284 g/mol. The Hall–Kier alpha value is -0.0900. The average molecular weight is 292 g/mol. The van der Waals surface area contributed by atoms with E-state index in [-0.39, 0.29) is 6.61 Å². The highest BCUT2D eigenvalue weighted by Crippen LogP contribution is 2.32. The second-order valence-corrected chi connectivity index (χ2v) is 4.87. The Bertz CT molecular complexity index is 466. The first kappa shape index (κ1) is 10.4. The highest BCUT2D eigenvalue weighted by Gasteiger charge is 2.07. The molecule has 0 aliphatic rings. The number of aliphatic hydroxyl groups excluding tert-OH is 1. The number of hydrogen-bond donors (Lipinski definition) is 1. The van der Waals surface area contributed by atoms with Crippen LogP contribution >= 0.6 is 38.9 Å². The molecule has 1 aromatic heterocycles. The number of alkyl halides is 1. The van der Waals surface area contributed by atoms with Crippen molar-refractivity contribution >= 4 is 49.0 Å². The molecule has 0 saturated carbocycles. The van der Waals surface area contributed by atoms with E-state index in [1.807, 2.05) is 11.4 Å². The fourth-order valence-electron chi connectivity index (χ4n) is 1.40. The Balaban J connectivity index is 2.71. The maximum Gasteiger partial charge on any atom is 0.0685 e. The molecule has 2 aromatic rings. The summed E-state index contributed by atoms with van der Waals surface area (Å²) in [6.45, 7) is 0.0586. The summed E-state index contributed by atoms with van der Waals surface area (Å²) in [5.41, 5.74) is 2.06. The van der Waals surface area contributed by atoms with Crippen LogP contribution in [0.25, 0.3) is 10.1 Å². The van der Waals surface area contributed by atoms with Gasteiger partial charge in [-0.05, 0) is 23.3 Å². The van der Waals surface area contributed by atoms with Crippen LogP contribution < -0.4 is 0 Å². The third-order valence-corrected chi connectivity index (χ3v) is 4.15. The second kappa shape index (κ2) is 4.19. The van der Waals surface area contributed by atoms with Gasteiger partial charge in [0.2, 0.25) is 0 Å². The van der Waals surface area contributed by atoms with Crippen LogP contribution in [0.5, 0.6) is 0 Å². The lowest BCUT2D eigenvalue weighted by atomic mass is 10.1. The molecule has 1 nitrogen and oxygen atoms in total. The summed E-state index contributed by atoms with van der Waals surface area (Å²) in [5, 5.41) is 13.7. The van der Waals surface area contributed by atoms with Crippen LogP contribution in [0, 0.1) is 0 Å². The van der Waals surface area contributed by atoms with E-state index in [0.717, 1.165) is 26.9 Å². The van der Waals surface area contributed by atoms with Crippen molar-refractivity contribution in [2.45, 2.75) is 11.9 Å². The van der Waals surface area contributed by atoms with Crippen LogP contribution in [-0.4, -0.2) is 5.11 Å². The highest BCUT2D eigenvalue weighted by atomic mass is 79.9. The number of halogens is 2. The number of rotatable bonds is 2. The summed E-state index contributed by atoms with van der Waals surface area (Å²) in [5.74, 6) is 0. The Kier molecular flexibility index (Phi) is 3.12. The van der Waals surface area contributed by atoms with Crippen LogP contribution in [-0.2, 0) is 11.9 Å². The van der Waals surface area contributed by atoms with E-state index in [1.165, 1.54) is 4.70 Å². The maximum absolute atomic E-state index is 9.18. The largest absolute Gasteiger partial charge is 0.392 e. The summed E-state index contributed by atoms with van der Waals surface area (Å²) < 4.78 is 1.17. The fraction of sp³-hybridized carbons (Fsp3) is 0.200. The predicted octanol–water partition coefficient (Wildman–Crippen LogP) is 3.94. The van der Waals surface area contributed by atoms with Crippen molar-refractivity contribution in [3.63, 3.8) is 0 Å². The number of aliphatic hydroxyl groups is 1. The van der Waals surface area contributed by atoms with Gasteiger partial charge in [-0.25, -0.2) is 0 Å². The van der Waals surface area contributed by atoms with Gasteiger partial charge in [0, 0.05) is 20.8 Å². The van der Waals surface area contributed by atoms with Crippen molar-refractivity contribution in [3.8, 4) is 0 Å². The van der Waals surface area contributed by atoms with E-state index in [2.05, 4.69) is 22.0 Å². The lowest BCUT2D eigenvalue weighted by Gasteiger charge is -2.04. The highest BCUT2D eigenvalue weighted by molar-refractivity contribution is 9.08. The minimum atomic E-state index is 0.0586. The van der Waals surface area contributed by atoms with Crippen molar-refractivity contribution < 1.29 is 5.11 Å². The van der Waals surface area contributed by atoms with Crippen molar-refractivity contribution in [2.24, 2.45) is 0 Å². The zero-order valence-corrected chi connectivity index (χ0v) is 10.4. The molecule has 0 aliphatic carbocycles. The van der Waals surface area contributed by atoms with Crippen molar-refractivity contribution in [3.05, 3.63) is 33.7 Å². The summed E-state index contributed by atoms with van der Waals surface area (Å²) in [6.07, 6.45) is 0. The monoisotopic (exact) mass is 290 g/mol. The van der Waals surface area contributed by atoms with E-state index < -0.39 is 0 Å². The molecule has 0 fully saturated rings. The Morgan fingerprint density at radius 2 is 2.14 bits per heavy atom. The molecular formula is C10H8BrClOS. The van der Waals surface area contributed by atoms with Gasteiger partial charge in [0.05, 0.1) is 11.6 Å². The molecule has 0 unspecified atom stereocenters. The van der Waals surface area contributed by atoms with Crippen LogP contribution in [0.1, 0.15) is 11.1 Å².